The maximum absolute atomic E-state index is 11.5. The van der Waals surface area contributed by atoms with Gasteiger partial charge >= 0.3 is 5.97 Å². The molecule has 18 heavy (non-hydrogen) atoms. The fourth-order valence-electron chi connectivity index (χ4n) is 1.40. The second-order valence-corrected chi connectivity index (χ2v) is 3.76. The predicted molar refractivity (Wildman–Crippen MR) is 66.2 cm³/mol. The van der Waals surface area contributed by atoms with E-state index in [1.165, 1.54) is 13.2 Å². The van der Waals surface area contributed by atoms with Gasteiger partial charge in [-0.15, -0.1) is 0 Å². The number of aryl methyl sites for hydroxylation is 1. The standard InChI is InChI=1S/C12H16N2O4/c1-7-5-8(18-4-3-10(13)15)6-9(11(7)14)12(16)17-2/h5-6H,3-4,14H2,1-2H3,(H2,13,15). The molecule has 6 heteroatoms. The maximum atomic E-state index is 11.5. The first-order valence-electron chi connectivity index (χ1n) is 5.35. The summed E-state index contributed by atoms with van der Waals surface area (Å²) in [5.41, 5.74) is 12.1. The summed E-state index contributed by atoms with van der Waals surface area (Å²) >= 11 is 0. The molecule has 0 saturated carbocycles. The van der Waals surface area contributed by atoms with Crippen molar-refractivity contribution in [2.24, 2.45) is 5.73 Å². The molecule has 1 aromatic carbocycles. The molecule has 4 N–H and O–H groups in total. The van der Waals surface area contributed by atoms with E-state index in [1.54, 1.807) is 13.0 Å². The molecule has 0 unspecified atom stereocenters. The Kier molecular flexibility index (Phi) is 4.53. The molecule has 0 atom stereocenters. The van der Waals surface area contributed by atoms with E-state index in [-0.39, 0.29) is 18.6 Å². The molecule has 1 aromatic rings. The molecule has 0 radical (unpaired) electrons. The van der Waals surface area contributed by atoms with Crippen molar-refractivity contribution in [1.82, 2.24) is 0 Å². The highest BCUT2D eigenvalue weighted by Crippen LogP contribution is 2.25. The van der Waals surface area contributed by atoms with Crippen molar-refractivity contribution in [3.63, 3.8) is 0 Å². The summed E-state index contributed by atoms with van der Waals surface area (Å²) in [4.78, 5) is 22.1. The Morgan fingerprint density at radius 3 is 2.56 bits per heavy atom. The van der Waals surface area contributed by atoms with E-state index in [0.29, 0.717) is 17.0 Å². The number of carbonyl (C=O) groups excluding carboxylic acids is 2. The summed E-state index contributed by atoms with van der Waals surface area (Å²) in [6.45, 7) is 1.90. The van der Waals surface area contributed by atoms with Gasteiger partial charge in [0.15, 0.2) is 0 Å². The van der Waals surface area contributed by atoms with E-state index in [4.69, 9.17) is 16.2 Å². The highest BCUT2D eigenvalue weighted by Gasteiger charge is 2.14. The number of carbonyl (C=O) groups is 2. The molecular weight excluding hydrogens is 236 g/mol. The number of nitrogen functional groups attached to an aromatic ring is 1. The third-order valence-electron chi connectivity index (χ3n) is 2.38. The molecule has 98 valence electrons. The quantitative estimate of drug-likeness (QED) is 0.590. The number of amides is 1. The van der Waals surface area contributed by atoms with Crippen LogP contribution in [0.2, 0.25) is 0 Å². The van der Waals surface area contributed by atoms with E-state index >= 15 is 0 Å². The molecule has 0 bridgehead atoms. The van der Waals surface area contributed by atoms with Crippen molar-refractivity contribution in [2.75, 3.05) is 19.5 Å². The molecule has 0 fully saturated rings. The minimum atomic E-state index is -0.532. The zero-order valence-corrected chi connectivity index (χ0v) is 10.4. The molecular formula is C12H16N2O4. The first kappa shape index (κ1) is 13.8. The van der Waals surface area contributed by atoms with Gasteiger partial charge in [0.05, 0.1) is 25.7 Å². The summed E-state index contributed by atoms with van der Waals surface area (Å²) in [6, 6.07) is 3.16. The average molecular weight is 252 g/mol. The van der Waals surface area contributed by atoms with E-state index in [1.807, 2.05) is 0 Å². The molecule has 0 aliphatic carbocycles. The van der Waals surface area contributed by atoms with Crippen LogP contribution in [0.15, 0.2) is 12.1 Å². The van der Waals surface area contributed by atoms with Gasteiger partial charge in [0, 0.05) is 5.69 Å². The zero-order valence-electron chi connectivity index (χ0n) is 10.4. The van der Waals surface area contributed by atoms with Gasteiger partial charge in [-0.1, -0.05) is 0 Å². The number of nitrogens with two attached hydrogens (primary N) is 2. The molecule has 0 saturated heterocycles. The SMILES string of the molecule is COC(=O)c1cc(OCCC(N)=O)cc(C)c1N. The summed E-state index contributed by atoms with van der Waals surface area (Å²) in [6.07, 6.45) is 0.108. The van der Waals surface area contributed by atoms with E-state index < -0.39 is 11.9 Å². The number of rotatable bonds is 5. The first-order chi connectivity index (χ1) is 8.45. The number of benzene rings is 1. The molecule has 0 heterocycles. The van der Waals surface area contributed by atoms with E-state index in [9.17, 15) is 9.59 Å². The van der Waals surface area contributed by atoms with Crippen molar-refractivity contribution >= 4 is 17.6 Å². The fraction of sp³-hybridized carbons (Fsp3) is 0.333. The minimum Gasteiger partial charge on any atom is -0.493 e. The summed E-state index contributed by atoms with van der Waals surface area (Å²) < 4.78 is 9.94. The fourth-order valence-corrected chi connectivity index (χ4v) is 1.40. The van der Waals surface area contributed by atoms with Crippen molar-refractivity contribution < 1.29 is 19.1 Å². The molecule has 0 aromatic heterocycles. The summed E-state index contributed by atoms with van der Waals surface area (Å²) in [7, 11) is 1.28. The topological polar surface area (TPSA) is 105 Å². The molecule has 0 aliphatic rings. The van der Waals surface area contributed by atoms with Gasteiger partial charge in [0.25, 0.3) is 0 Å². The van der Waals surface area contributed by atoms with Gasteiger partial charge in [-0.3, -0.25) is 4.79 Å². The van der Waals surface area contributed by atoms with Gasteiger partial charge in [0.1, 0.15) is 5.75 Å². The lowest BCUT2D eigenvalue weighted by atomic mass is 10.1. The first-order valence-corrected chi connectivity index (χ1v) is 5.35. The number of ether oxygens (including phenoxy) is 2. The van der Waals surface area contributed by atoms with E-state index in [0.717, 1.165) is 0 Å². The van der Waals surface area contributed by atoms with E-state index in [2.05, 4.69) is 4.74 Å². The normalized spacial score (nSPS) is 9.89. The van der Waals surface area contributed by atoms with Crippen LogP contribution in [-0.2, 0) is 9.53 Å². The minimum absolute atomic E-state index is 0.108. The van der Waals surface area contributed by atoms with Crippen LogP contribution in [-0.4, -0.2) is 25.6 Å². The van der Waals surface area contributed by atoms with Crippen LogP contribution >= 0.6 is 0 Å². The highest BCUT2D eigenvalue weighted by molar-refractivity contribution is 5.96. The molecule has 1 amide bonds. The van der Waals surface area contributed by atoms with Crippen LogP contribution in [0.5, 0.6) is 5.75 Å². The lowest BCUT2D eigenvalue weighted by Crippen LogP contribution is -2.15. The van der Waals surface area contributed by atoms with Crippen molar-refractivity contribution in [3.8, 4) is 5.75 Å². The number of hydrogen-bond donors (Lipinski definition) is 2. The average Bonchev–Trinajstić information content (AvgIpc) is 2.32. The maximum Gasteiger partial charge on any atom is 0.340 e. The van der Waals surface area contributed by atoms with Crippen molar-refractivity contribution in [1.29, 1.82) is 0 Å². The van der Waals surface area contributed by atoms with Crippen LogP contribution in [0, 0.1) is 6.92 Å². The van der Waals surface area contributed by atoms with Crippen molar-refractivity contribution in [3.05, 3.63) is 23.3 Å². The van der Waals surface area contributed by atoms with Gasteiger partial charge in [-0.05, 0) is 24.6 Å². The van der Waals surface area contributed by atoms with Crippen LogP contribution in [0.25, 0.3) is 0 Å². The van der Waals surface area contributed by atoms with Gasteiger partial charge in [-0.25, -0.2) is 4.79 Å². The lowest BCUT2D eigenvalue weighted by molar-refractivity contribution is -0.118. The van der Waals surface area contributed by atoms with Crippen molar-refractivity contribution in [2.45, 2.75) is 13.3 Å². The Morgan fingerprint density at radius 1 is 1.33 bits per heavy atom. The second kappa shape index (κ2) is 5.90. The Labute approximate surface area is 105 Å². The monoisotopic (exact) mass is 252 g/mol. The number of esters is 1. The van der Waals surface area contributed by atoms with Gasteiger partial charge in [0.2, 0.25) is 5.91 Å². The molecule has 0 spiro atoms. The Hall–Kier alpha value is -2.24. The van der Waals surface area contributed by atoms with Crippen LogP contribution in [0.4, 0.5) is 5.69 Å². The predicted octanol–water partition coefficient (Wildman–Crippen LogP) is 0.618. The van der Waals surface area contributed by atoms with Crippen LogP contribution in [0.1, 0.15) is 22.3 Å². The number of primary amides is 1. The number of methoxy groups -OCH3 is 1. The third kappa shape index (κ3) is 3.38. The number of hydrogen-bond acceptors (Lipinski definition) is 5. The molecule has 6 nitrogen and oxygen atoms in total. The Bertz CT molecular complexity index is 471. The Morgan fingerprint density at radius 2 is 2.00 bits per heavy atom. The van der Waals surface area contributed by atoms with Crippen LogP contribution in [0.3, 0.4) is 0 Å². The van der Waals surface area contributed by atoms with Gasteiger partial charge in [-0.2, -0.15) is 0 Å². The molecule has 0 aliphatic heterocycles. The highest BCUT2D eigenvalue weighted by atomic mass is 16.5. The third-order valence-corrected chi connectivity index (χ3v) is 2.38. The second-order valence-electron chi connectivity index (χ2n) is 3.76. The van der Waals surface area contributed by atoms with Gasteiger partial charge < -0.3 is 20.9 Å². The summed E-state index contributed by atoms with van der Waals surface area (Å²) in [5.74, 6) is -0.533. The smallest absolute Gasteiger partial charge is 0.340 e. The number of anilines is 1. The lowest BCUT2D eigenvalue weighted by Gasteiger charge is -2.11. The zero-order chi connectivity index (χ0) is 13.7. The largest absolute Gasteiger partial charge is 0.493 e. The molecule has 1 rings (SSSR count). The Balaban J connectivity index is 2.90. The van der Waals surface area contributed by atoms with Crippen LogP contribution < -0.4 is 16.2 Å². The summed E-state index contributed by atoms with van der Waals surface area (Å²) in [5, 5.41) is 0.